The van der Waals surface area contributed by atoms with Gasteiger partial charge in [-0.2, -0.15) is 5.10 Å². The van der Waals surface area contributed by atoms with Crippen molar-refractivity contribution >= 4 is 39.1 Å². The van der Waals surface area contributed by atoms with Gasteiger partial charge in [0.25, 0.3) is 11.8 Å². The Morgan fingerprint density at radius 2 is 2.00 bits per heavy atom. The molecule has 154 valence electrons. The van der Waals surface area contributed by atoms with Crippen molar-refractivity contribution in [2.75, 3.05) is 11.9 Å². The Labute approximate surface area is 177 Å². The number of anilines is 1. The summed E-state index contributed by atoms with van der Waals surface area (Å²) in [5.41, 5.74) is 1.50. The molecule has 30 heavy (non-hydrogen) atoms. The van der Waals surface area contributed by atoms with E-state index >= 15 is 0 Å². The first kappa shape index (κ1) is 20.0. The Bertz CT molecular complexity index is 1230. The second-order valence-corrected chi connectivity index (χ2v) is 8.29. The predicted octanol–water partition coefficient (Wildman–Crippen LogP) is 3.04. The third-order valence-electron chi connectivity index (χ3n) is 5.21. The summed E-state index contributed by atoms with van der Waals surface area (Å²) in [6.07, 6.45) is 5.35. The number of rotatable bonds is 5. The van der Waals surface area contributed by atoms with Crippen LogP contribution in [-0.2, 0) is 19.9 Å². The van der Waals surface area contributed by atoms with E-state index in [4.69, 9.17) is 0 Å². The SMILES string of the molecule is C=CCNC(=O)c1c(NC(=O)c2nn(C)c3ccccc3c2=O)sc2c1CCCC2. The summed E-state index contributed by atoms with van der Waals surface area (Å²) >= 11 is 1.41. The summed E-state index contributed by atoms with van der Waals surface area (Å²) in [5, 5.41) is 10.7. The first-order valence-electron chi connectivity index (χ1n) is 9.82. The molecular formula is C22H22N4O3S. The maximum atomic E-state index is 13.0. The summed E-state index contributed by atoms with van der Waals surface area (Å²) < 4.78 is 1.52. The molecule has 4 rings (SSSR count). The normalized spacial score (nSPS) is 13.0. The zero-order chi connectivity index (χ0) is 21.3. The molecule has 0 spiro atoms. The molecule has 1 aliphatic rings. The molecule has 2 amide bonds. The summed E-state index contributed by atoms with van der Waals surface area (Å²) in [5.74, 6) is -0.860. The molecule has 1 aliphatic carbocycles. The van der Waals surface area contributed by atoms with Crippen LogP contribution in [0, 0.1) is 0 Å². The van der Waals surface area contributed by atoms with E-state index in [1.165, 1.54) is 16.0 Å². The van der Waals surface area contributed by atoms with Gasteiger partial charge in [-0.3, -0.25) is 19.1 Å². The van der Waals surface area contributed by atoms with Crippen LogP contribution < -0.4 is 16.1 Å². The number of hydrogen-bond acceptors (Lipinski definition) is 5. The number of aryl methyl sites for hydroxylation is 2. The molecular weight excluding hydrogens is 400 g/mol. The molecule has 2 aromatic heterocycles. The van der Waals surface area contributed by atoms with Crippen LogP contribution in [0.1, 0.15) is 44.1 Å². The van der Waals surface area contributed by atoms with Gasteiger partial charge in [0.15, 0.2) is 5.69 Å². The number of benzene rings is 1. The van der Waals surface area contributed by atoms with Crippen LogP contribution in [0.2, 0.25) is 0 Å². The van der Waals surface area contributed by atoms with Crippen molar-refractivity contribution < 1.29 is 9.59 Å². The van der Waals surface area contributed by atoms with Crippen LogP contribution in [0.3, 0.4) is 0 Å². The van der Waals surface area contributed by atoms with Gasteiger partial charge < -0.3 is 10.6 Å². The van der Waals surface area contributed by atoms with E-state index in [-0.39, 0.29) is 11.6 Å². The molecule has 1 aromatic carbocycles. The van der Waals surface area contributed by atoms with Crippen molar-refractivity contribution in [2.24, 2.45) is 7.05 Å². The van der Waals surface area contributed by atoms with Crippen molar-refractivity contribution in [1.29, 1.82) is 0 Å². The molecule has 7 nitrogen and oxygen atoms in total. The first-order chi connectivity index (χ1) is 14.5. The smallest absolute Gasteiger partial charge is 0.280 e. The van der Waals surface area contributed by atoms with E-state index in [0.717, 1.165) is 36.1 Å². The van der Waals surface area contributed by atoms with Gasteiger partial charge >= 0.3 is 0 Å². The minimum absolute atomic E-state index is 0.194. The standard InChI is InChI=1S/C22H22N4O3S/c1-3-12-23-20(28)17-14-9-5-7-11-16(14)30-22(17)24-21(29)18-19(27)13-8-4-6-10-15(13)26(2)25-18/h3-4,6,8,10H,1,5,7,9,11-12H2,2H3,(H,23,28)(H,24,29). The molecule has 8 heteroatoms. The summed E-state index contributed by atoms with van der Waals surface area (Å²) in [6, 6.07) is 7.02. The highest BCUT2D eigenvalue weighted by Crippen LogP contribution is 2.38. The summed E-state index contributed by atoms with van der Waals surface area (Å²) in [4.78, 5) is 39.7. The van der Waals surface area contributed by atoms with Crippen molar-refractivity contribution in [3.05, 3.63) is 68.8 Å². The molecule has 0 radical (unpaired) electrons. The predicted molar refractivity (Wildman–Crippen MR) is 118 cm³/mol. The van der Waals surface area contributed by atoms with E-state index in [1.807, 2.05) is 6.07 Å². The Kier molecular flexibility index (Phi) is 5.50. The highest BCUT2D eigenvalue weighted by molar-refractivity contribution is 7.17. The fraction of sp³-hybridized carbons (Fsp3) is 0.273. The quantitative estimate of drug-likeness (QED) is 0.618. The third-order valence-corrected chi connectivity index (χ3v) is 6.42. The Morgan fingerprint density at radius 3 is 2.80 bits per heavy atom. The second kappa shape index (κ2) is 8.23. The number of carbonyl (C=O) groups excluding carboxylic acids is 2. The van der Waals surface area contributed by atoms with Crippen molar-refractivity contribution in [1.82, 2.24) is 15.1 Å². The number of carbonyl (C=O) groups is 2. The van der Waals surface area contributed by atoms with Crippen LogP contribution >= 0.6 is 11.3 Å². The molecule has 0 saturated carbocycles. The molecule has 0 fully saturated rings. The molecule has 3 aromatic rings. The van der Waals surface area contributed by atoms with Crippen molar-refractivity contribution in [3.8, 4) is 0 Å². The minimum atomic E-state index is -0.613. The maximum Gasteiger partial charge on any atom is 0.280 e. The van der Waals surface area contributed by atoms with E-state index in [2.05, 4.69) is 22.3 Å². The van der Waals surface area contributed by atoms with Gasteiger partial charge in [0.2, 0.25) is 5.43 Å². The number of thiophene rings is 1. The van der Waals surface area contributed by atoms with E-state index < -0.39 is 11.3 Å². The van der Waals surface area contributed by atoms with Gasteiger partial charge in [-0.05, 0) is 43.4 Å². The van der Waals surface area contributed by atoms with Gasteiger partial charge in [0.1, 0.15) is 5.00 Å². The van der Waals surface area contributed by atoms with Crippen molar-refractivity contribution in [3.63, 3.8) is 0 Å². The van der Waals surface area contributed by atoms with Gasteiger partial charge in [0.05, 0.1) is 11.1 Å². The van der Waals surface area contributed by atoms with Crippen LogP contribution in [0.15, 0.2) is 41.7 Å². The Hall–Kier alpha value is -3.26. The number of fused-ring (bicyclic) bond motifs is 2. The lowest BCUT2D eigenvalue weighted by molar-refractivity contribution is 0.0958. The molecule has 2 heterocycles. The number of hydrogen-bond donors (Lipinski definition) is 2. The number of aromatic nitrogens is 2. The molecule has 2 N–H and O–H groups in total. The lowest BCUT2D eigenvalue weighted by Gasteiger charge is -2.13. The third kappa shape index (κ3) is 3.54. The average molecular weight is 423 g/mol. The highest BCUT2D eigenvalue weighted by Gasteiger charge is 2.27. The van der Waals surface area contributed by atoms with Gasteiger partial charge in [0, 0.05) is 23.9 Å². The fourth-order valence-electron chi connectivity index (χ4n) is 3.78. The lowest BCUT2D eigenvalue weighted by Crippen LogP contribution is -2.28. The lowest BCUT2D eigenvalue weighted by atomic mass is 9.95. The van der Waals surface area contributed by atoms with E-state index in [9.17, 15) is 14.4 Å². The highest BCUT2D eigenvalue weighted by atomic mass is 32.1. The number of nitrogens with zero attached hydrogens (tertiary/aromatic N) is 2. The van der Waals surface area contributed by atoms with E-state index in [0.29, 0.717) is 28.0 Å². The van der Waals surface area contributed by atoms with Crippen LogP contribution in [0.4, 0.5) is 5.00 Å². The molecule has 0 atom stereocenters. The Balaban J connectivity index is 1.73. The summed E-state index contributed by atoms with van der Waals surface area (Å²) in [6.45, 7) is 3.96. The maximum absolute atomic E-state index is 13.0. The molecule has 0 unspecified atom stereocenters. The molecule has 0 saturated heterocycles. The minimum Gasteiger partial charge on any atom is -0.348 e. The topological polar surface area (TPSA) is 93.1 Å². The Morgan fingerprint density at radius 1 is 1.23 bits per heavy atom. The van der Waals surface area contributed by atoms with Crippen LogP contribution in [-0.4, -0.2) is 28.1 Å². The molecule has 0 bridgehead atoms. The van der Waals surface area contributed by atoms with E-state index in [1.54, 1.807) is 31.3 Å². The first-order valence-corrected chi connectivity index (χ1v) is 10.6. The number of amides is 2. The largest absolute Gasteiger partial charge is 0.348 e. The van der Waals surface area contributed by atoms with Crippen LogP contribution in [0.5, 0.6) is 0 Å². The number of nitrogens with one attached hydrogen (secondary N) is 2. The zero-order valence-electron chi connectivity index (χ0n) is 16.7. The van der Waals surface area contributed by atoms with Crippen LogP contribution in [0.25, 0.3) is 10.9 Å². The average Bonchev–Trinajstić information content (AvgIpc) is 3.12. The van der Waals surface area contributed by atoms with Gasteiger partial charge in [-0.25, -0.2) is 0 Å². The monoisotopic (exact) mass is 422 g/mol. The second-order valence-electron chi connectivity index (χ2n) is 7.19. The number of para-hydroxylation sites is 1. The van der Waals surface area contributed by atoms with Gasteiger partial charge in [-0.1, -0.05) is 18.2 Å². The molecule has 0 aliphatic heterocycles. The van der Waals surface area contributed by atoms with Gasteiger partial charge in [-0.15, -0.1) is 17.9 Å². The van der Waals surface area contributed by atoms with Crippen molar-refractivity contribution in [2.45, 2.75) is 25.7 Å². The zero-order valence-corrected chi connectivity index (χ0v) is 17.5. The fourth-order valence-corrected chi connectivity index (χ4v) is 5.06. The summed E-state index contributed by atoms with van der Waals surface area (Å²) in [7, 11) is 1.69.